The van der Waals surface area contributed by atoms with Crippen molar-refractivity contribution in [3.05, 3.63) is 40.9 Å². The number of aromatic nitrogens is 6. The molecule has 8 nitrogen and oxygen atoms in total. The van der Waals surface area contributed by atoms with Crippen LogP contribution in [0.1, 0.15) is 30.3 Å². The zero-order valence-electron chi connectivity index (χ0n) is 15.1. The summed E-state index contributed by atoms with van der Waals surface area (Å²) in [6.07, 6.45) is 5.95. The highest BCUT2D eigenvalue weighted by Gasteiger charge is 2.31. The largest absolute Gasteiger partial charge is 0.368 e. The van der Waals surface area contributed by atoms with Crippen molar-refractivity contribution in [2.45, 2.75) is 25.8 Å². The zero-order chi connectivity index (χ0) is 18.7. The summed E-state index contributed by atoms with van der Waals surface area (Å²) < 4.78 is 3.43. The van der Waals surface area contributed by atoms with Gasteiger partial charge in [-0.1, -0.05) is 11.6 Å². The van der Waals surface area contributed by atoms with E-state index in [2.05, 4.69) is 15.0 Å². The molecule has 27 heavy (non-hydrogen) atoms. The van der Waals surface area contributed by atoms with Crippen LogP contribution in [0.3, 0.4) is 0 Å². The second-order valence-corrected chi connectivity index (χ2v) is 7.45. The maximum atomic E-state index is 6.27. The topological polar surface area (TPSA) is 90.2 Å². The highest BCUT2D eigenvalue weighted by atomic mass is 35.5. The molecule has 4 aromatic rings. The number of nitrogen functional groups attached to an aromatic ring is 1. The van der Waals surface area contributed by atoms with E-state index in [0.717, 1.165) is 47.4 Å². The van der Waals surface area contributed by atoms with Crippen LogP contribution < -0.4 is 10.6 Å². The Kier molecular flexibility index (Phi) is 3.51. The van der Waals surface area contributed by atoms with Crippen LogP contribution in [0.2, 0.25) is 5.02 Å². The average molecular weight is 383 g/mol. The number of nitrogens with two attached hydrogens (primary N) is 1. The van der Waals surface area contributed by atoms with Gasteiger partial charge in [-0.05, 0) is 37.5 Å². The van der Waals surface area contributed by atoms with Gasteiger partial charge in [0.2, 0.25) is 5.95 Å². The van der Waals surface area contributed by atoms with Gasteiger partial charge in [-0.3, -0.25) is 4.68 Å². The summed E-state index contributed by atoms with van der Waals surface area (Å²) in [6, 6.07) is 3.84. The lowest BCUT2D eigenvalue weighted by Gasteiger charge is -2.22. The first-order valence-electron chi connectivity index (χ1n) is 8.88. The molecule has 4 heterocycles. The number of aryl methyl sites for hydroxylation is 2. The first-order chi connectivity index (χ1) is 13.0. The van der Waals surface area contributed by atoms with Crippen molar-refractivity contribution in [2.24, 2.45) is 7.05 Å². The molecule has 0 amide bonds. The van der Waals surface area contributed by atoms with Gasteiger partial charge in [-0.25, -0.2) is 9.97 Å². The molecule has 0 spiro atoms. The molecule has 1 aliphatic rings. The van der Waals surface area contributed by atoms with E-state index in [9.17, 15) is 0 Å². The molecule has 1 unspecified atom stereocenters. The number of hydrogen-bond acceptors (Lipinski definition) is 6. The fourth-order valence-corrected chi connectivity index (χ4v) is 4.19. The molecule has 0 saturated carbocycles. The fraction of sp³-hybridized carbons (Fsp3) is 0.333. The van der Waals surface area contributed by atoms with E-state index in [4.69, 9.17) is 27.4 Å². The Bertz CT molecular complexity index is 1180. The molecule has 5 rings (SSSR count). The maximum absolute atomic E-state index is 6.27. The van der Waals surface area contributed by atoms with Crippen LogP contribution in [0.4, 0.5) is 11.6 Å². The average Bonchev–Trinajstić information content (AvgIpc) is 3.33. The van der Waals surface area contributed by atoms with E-state index >= 15 is 0 Å². The predicted octanol–water partition coefficient (Wildman–Crippen LogP) is 2.90. The quantitative estimate of drug-likeness (QED) is 0.573. The van der Waals surface area contributed by atoms with Crippen molar-refractivity contribution < 1.29 is 0 Å². The molecule has 1 saturated heterocycles. The Hall–Kier alpha value is -2.87. The molecule has 0 bridgehead atoms. The van der Waals surface area contributed by atoms with Gasteiger partial charge in [0.15, 0.2) is 11.5 Å². The van der Waals surface area contributed by atoms with Gasteiger partial charge in [0.05, 0.1) is 23.4 Å². The Morgan fingerprint density at radius 3 is 2.89 bits per heavy atom. The molecule has 9 heteroatoms. The fourth-order valence-electron chi connectivity index (χ4n) is 3.92. The number of nitrogens with zero attached hydrogens (tertiary/aromatic N) is 7. The van der Waals surface area contributed by atoms with Gasteiger partial charge in [0, 0.05) is 30.2 Å². The van der Waals surface area contributed by atoms with Crippen molar-refractivity contribution >= 4 is 39.8 Å². The molecule has 138 valence electrons. The van der Waals surface area contributed by atoms with Gasteiger partial charge in [-0.2, -0.15) is 9.61 Å². The third-order valence-corrected chi connectivity index (χ3v) is 5.37. The number of halogens is 1. The summed E-state index contributed by atoms with van der Waals surface area (Å²) in [5.41, 5.74) is 9.72. The number of rotatable bonds is 2. The summed E-state index contributed by atoms with van der Waals surface area (Å²) in [4.78, 5) is 11.7. The van der Waals surface area contributed by atoms with Crippen molar-refractivity contribution in [2.75, 3.05) is 17.2 Å². The summed E-state index contributed by atoms with van der Waals surface area (Å²) >= 11 is 6.27. The zero-order valence-corrected chi connectivity index (χ0v) is 15.8. The normalized spacial score (nSPS) is 17.4. The first-order valence-corrected chi connectivity index (χ1v) is 9.26. The van der Waals surface area contributed by atoms with Crippen LogP contribution in [0.5, 0.6) is 0 Å². The smallest absolute Gasteiger partial charge is 0.223 e. The highest BCUT2D eigenvalue weighted by molar-refractivity contribution is 6.31. The number of anilines is 2. The third kappa shape index (κ3) is 2.51. The molecule has 1 aromatic carbocycles. The standard InChI is InChI=1S/C18H19ClN8/c1-10-6-11(19)7-13-15(10)22-18(20)27-17(13)23-16(24-27)14-4-3-5-26(14)12-8-21-25(2)9-12/h6-9,14H,3-5H2,1-2H3,(H2,20,22). The van der Waals surface area contributed by atoms with Crippen LogP contribution in [-0.2, 0) is 7.05 Å². The molecule has 1 fully saturated rings. The molecular weight excluding hydrogens is 364 g/mol. The lowest BCUT2D eigenvalue weighted by Crippen LogP contribution is -2.23. The summed E-state index contributed by atoms with van der Waals surface area (Å²) in [5, 5.41) is 10.5. The first kappa shape index (κ1) is 16.3. The lowest BCUT2D eigenvalue weighted by atomic mass is 10.1. The van der Waals surface area contributed by atoms with Crippen LogP contribution in [0, 0.1) is 6.92 Å². The van der Waals surface area contributed by atoms with Crippen LogP contribution in [-0.4, -0.2) is 35.9 Å². The van der Waals surface area contributed by atoms with E-state index in [-0.39, 0.29) is 6.04 Å². The van der Waals surface area contributed by atoms with E-state index < -0.39 is 0 Å². The Labute approximate surface area is 160 Å². The molecule has 1 atom stereocenters. The number of benzene rings is 1. The highest BCUT2D eigenvalue weighted by Crippen LogP contribution is 2.35. The van der Waals surface area contributed by atoms with Crippen LogP contribution >= 0.6 is 11.6 Å². The van der Waals surface area contributed by atoms with Gasteiger partial charge >= 0.3 is 0 Å². The van der Waals surface area contributed by atoms with Crippen molar-refractivity contribution in [1.82, 2.24) is 29.4 Å². The molecule has 1 aliphatic heterocycles. The molecule has 3 aromatic heterocycles. The SMILES string of the molecule is Cc1cc(Cl)cc2c1nc(N)n1nc(C3CCCN3c3cnn(C)c3)nc21. The second kappa shape index (κ2) is 5.82. The van der Waals surface area contributed by atoms with E-state index in [1.54, 1.807) is 4.52 Å². The third-order valence-electron chi connectivity index (χ3n) is 5.15. The van der Waals surface area contributed by atoms with Gasteiger partial charge in [0.1, 0.15) is 0 Å². The van der Waals surface area contributed by atoms with Crippen molar-refractivity contribution in [1.29, 1.82) is 0 Å². The van der Waals surface area contributed by atoms with Gasteiger partial charge in [-0.15, -0.1) is 5.10 Å². The minimum Gasteiger partial charge on any atom is -0.368 e. The van der Waals surface area contributed by atoms with E-state index in [1.165, 1.54) is 0 Å². The van der Waals surface area contributed by atoms with E-state index in [1.807, 2.05) is 43.2 Å². The minimum absolute atomic E-state index is 0.0869. The summed E-state index contributed by atoms with van der Waals surface area (Å²) in [7, 11) is 1.92. The van der Waals surface area contributed by atoms with E-state index in [0.29, 0.717) is 16.6 Å². The Morgan fingerprint density at radius 1 is 1.26 bits per heavy atom. The van der Waals surface area contributed by atoms with Crippen molar-refractivity contribution in [3.63, 3.8) is 0 Å². The van der Waals surface area contributed by atoms with Crippen molar-refractivity contribution in [3.8, 4) is 0 Å². The Morgan fingerprint density at radius 2 is 2.11 bits per heavy atom. The second-order valence-electron chi connectivity index (χ2n) is 7.02. The predicted molar refractivity (Wildman–Crippen MR) is 105 cm³/mol. The monoisotopic (exact) mass is 382 g/mol. The summed E-state index contributed by atoms with van der Waals surface area (Å²) in [5.74, 6) is 1.07. The minimum atomic E-state index is 0.0869. The number of hydrogen-bond donors (Lipinski definition) is 1. The molecule has 0 aliphatic carbocycles. The Balaban J connectivity index is 1.68. The molecule has 2 N–H and O–H groups in total. The molecule has 0 radical (unpaired) electrons. The summed E-state index contributed by atoms with van der Waals surface area (Å²) in [6.45, 7) is 2.92. The maximum Gasteiger partial charge on any atom is 0.223 e. The molecular formula is C18H19ClN8. The van der Waals surface area contributed by atoms with Gasteiger partial charge in [0.25, 0.3) is 0 Å². The van der Waals surface area contributed by atoms with Crippen LogP contribution in [0.25, 0.3) is 16.6 Å². The van der Waals surface area contributed by atoms with Crippen LogP contribution in [0.15, 0.2) is 24.5 Å². The van der Waals surface area contributed by atoms with Gasteiger partial charge < -0.3 is 10.6 Å². The lowest BCUT2D eigenvalue weighted by molar-refractivity contribution is 0.664. The number of fused-ring (bicyclic) bond motifs is 3.